The molecule has 2 N–H and O–H groups in total. The molecule has 0 spiro atoms. The fourth-order valence-electron chi connectivity index (χ4n) is 2.48. The molecule has 2 aromatic heterocycles. The lowest BCUT2D eigenvalue weighted by atomic mass is 10.1. The van der Waals surface area contributed by atoms with Gasteiger partial charge in [-0.25, -0.2) is 4.98 Å². The fraction of sp³-hybridized carbons (Fsp3) is 0.583. The van der Waals surface area contributed by atoms with Gasteiger partial charge in [0.1, 0.15) is 12.7 Å². The summed E-state index contributed by atoms with van der Waals surface area (Å²) in [6, 6.07) is 0.422. The van der Waals surface area contributed by atoms with Gasteiger partial charge in [0.2, 0.25) is 11.9 Å². The van der Waals surface area contributed by atoms with Crippen LogP contribution in [0.1, 0.15) is 26.2 Å². The Morgan fingerprint density at radius 2 is 2.05 bits per heavy atom. The third-order valence-corrected chi connectivity index (χ3v) is 3.65. The molecule has 2 heterocycles. The molecule has 0 bridgehead atoms. The van der Waals surface area contributed by atoms with Gasteiger partial charge in [-0.2, -0.15) is 24.7 Å². The lowest BCUT2D eigenvalue weighted by Crippen LogP contribution is -2.24. The van der Waals surface area contributed by atoms with Gasteiger partial charge >= 0.3 is 0 Å². The van der Waals surface area contributed by atoms with Crippen molar-refractivity contribution in [2.45, 2.75) is 32.2 Å². The minimum atomic E-state index is 0.422. The summed E-state index contributed by atoms with van der Waals surface area (Å²) < 4.78 is 1.52. The predicted octanol–water partition coefficient (Wildman–Crippen LogP) is 1.09. The van der Waals surface area contributed by atoms with E-state index in [0.29, 0.717) is 29.8 Å². The van der Waals surface area contributed by atoms with Crippen LogP contribution in [0.5, 0.6) is 0 Å². The maximum absolute atomic E-state index is 4.41. The lowest BCUT2D eigenvalue weighted by Gasteiger charge is -2.17. The Morgan fingerprint density at radius 1 is 1.20 bits per heavy atom. The van der Waals surface area contributed by atoms with Gasteiger partial charge in [-0.05, 0) is 18.8 Å². The van der Waals surface area contributed by atoms with Crippen molar-refractivity contribution in [1.29, 1.82) is 0 Å². The van der Waals surface area contributed by atoms with Crippen LogP contribution < -0.4 is 10.6 Å². The van der Waals surface area contributed by atoms with E-state index in [4.69, 9.17) is 0 Å². The number of rotatable bonds is 4. The molecule has 2 atom stereocenters. The molecule has 0 radical (unpaired) electrons. The van der Waals surface area contributed by atoms with Gasteiger partial charge in [-0.1, -0.05) is 13.3 Å². The summed E-state index contributed by atoms with van der Waals surface area (Å²) >= 11 is 0. The first-order valence-corrected chi connectivity index (χ1v) is 6.81. The molecule has 8 heteroatoms. The van der Waals surface area contributed by atoms with Crippen molar-refractivity contribution < 1.29 is 0 Å². The summed E-state index contributed by atoms with van der Waals surface area (Å²) in [7, 11) is 1.78. The zero-order chi connectivity index (χ0) is 13.9. The average Bonchev–Trinajstić information content (AvgIpc) is 3.11. The first kappa shape index (κ1) is 12.8. The zero-order valence-corrected chi connectivity index (χ0v) is 11.6. The molecule has 20 heavy (non-hydrogen) atoms. The first-order valence-electron chi connectivity index (χ1n) is 6.81. The number of aromatic nitrogens is 6. The molecule has 0 amide bonds. The number of anilines is 2. The van der Waals surface area contributed by atoms with E-state index < -0.39 is 0 Å². The monoisotopic (exact) mass is 274 g/mol. The second kappa shape index (κ2) is 5.40. The molecule has 1 aliphatic carbocycles. The van der Waals surface area contributed by atoms with Gasteiger partial charge in [0.25, 0.3) is 5.95 Å². The Kier molecular flexibility index (Phi) is 3.44. The van der Waals surface area contributed by atoms with Gasteiger partial charge in [0.15, 0.2) is 0 Å². The Hall–Kier alpha value is -2.25. The van der Waals surface area contributed by atoms with Crippen LogP contribution in [0, 0.1) is 5.92 Å². The first-order chi connectivity index (χ1) is 9.76. The van der Waals surface area contributed by atoms with Gasteiger partial charge < -0.3 is 10.6 Å². The molecule has 3 rings (SSSR count). The van der Waals surface area contributed by atoms with E-state index in [1.54, 1.807) is 13.4 Å². The smallest absolute Gasteiger partial charge is 0.258 e. The third kappa shape index (κ3) is 2.54. The summed E-state index contributed by atoms with van der Waals surface area (Å²) in [5, 5.41) is 10.4. The quantitative estimate of drug-likeness (QED) is 0.862. The summed E-state index contributed by atoms with van der Waals surface area (Å²) in [4.78, 5) is 16.9. The highest BCUT2D eigenvalue weighted by atomic mass is 15.4. The highest BCUT2D eigenvalue weighted by Crippen LogP contribution is 2.27. The third-order valence-electron chi connectivity index (χ3n) is 3.65. The summed E-state index contributed by atoms with van der Waals surface area (Å²) in [5.41, 5.74) is 0. The van der Waals surface area contributed by atoms with Crippen LogP contribution in [-0.2, 0) is 0 Å². The zero-order valence-electron chi connectivity index (χ0n) is 11.6. The molecule has 0 aromatic carbocycles. The largest absolute Gasteiger partial charge is 0.357 e. The van der Waals surface area contributed by atoms with Crippen molar-refractivity contribution >= 4 is 11.9 Å². The second-order valence-electron chi connectivity index (χ2n) is 5.03. The molecule has 1 saturated carbocycles. The average molecular weight is 274 g/mol. The van der Waals surface area contributed by atoms with Gasteiger partial charge in [-0.15, -0.1) is 0 Å². The van der Waals surface area contributed by atoms with Crippen molar-refractivity contribution in [3.63, 3.8) is 0 Å². The van der Waals surface area contributed by atoms with Crippen LogP contribution in [0.15, 0.2) is 12.7 Å². The number of hydrogen-bond acceptors (Lipinski definition) is 7. The number of hydrogen-bond donors (Lipinski definition) is 2. The van der Waals surface area contributed by atoms with Gasteiger partial charge in [-0.3, -0.25) is 0 Å². The van der Waals surface area contributed by atoms with Crippen LogP contribution in [0.4, 0.5) is 11.9 Å². The topological polar surface area (TPSA) is 93.4 Å². The fourth-order valence-corrected chi connectivity index (χ4v) is 2.48. The summed E-state index contributed by atoms with van der Waals surface area (Å²) in [5.74, 6) is 2.18. The van der Waals surface area contributed by atoms with Crippen LogP contribution in [0.2, 0.25) is 0 Å². The van der Waals surface area contributed by atoms with Crippen LogP contribution in [0.3, 0.4) is 0 Å². The van der Waals surface area contributed by atoms with E-state index >= 15 is 0 Å². The predicted molar refractivity (Wildman–Crippen MR) is 74.7 cm³/mol. The Labute approximate surface area is 117 Å². The molecule has 8 nitrogen and oxygen atoms in total. The highest BCUT2D eigenvalue weighted by Gasteiger charge is 2.24. The molecule has 106 valence electrons. The standard InChI is InChI=1S/C12H18N8/c1-8-4-3-5-9(8)16-11-17-10(13-2)18-12(19-11)20-7-14-6-15-20/h6-9H,3-5H2,1-2H3,(H2,13,16,17,18,19). The summed E-state index contributed by atoms with van der Waals surface area (Å²) in [6.45, 7) is 2.25. The van der Waals surface area contributed by atoms with Crippen molar-refractivity contribution in [2.24, 2.45) is 5.92 Å². The van der Waals surface area contributed by atoms with E-state index in [1.165, 1.54) is 23.9 Å². The molecule has 0 aliphatic heterocycles. The van der Waals surface area contributed by atoms with Gasteiger partial charge in [0, 0.05) is 13.1 Å². The van der Waals surface area contributed by atoms with Crippen LogP contribution in [0.25, 0.3) is 5.95 Å². The van der Waals surface area contributed by atoms with E-state index in [0.717, 1.165) is 6.42 Å². The Morgan fingerprint density at radius 3 is 2.70 bits per heavy atom. The van der Waals surface area contributed by atoms with Gasteiger partial charge in [0.05, 0.1) is 0 Å². The van der Waals surface area contributed by atoms with Crippen LogP contribution >= 0.6 is 0 Å². The molecular formula is C12H18N8. The molecule has 0 saturated heterocycles. The highest BCUT2D eigenvalue weighted by molar-refractivity contribution is 5.38. The maximum Gasteiger partial charge on any atom is 0.258 e. The number of nitrogens with zero attached hydrogens (tertiary/aromatic N) is 6. The van der Waals surface area contributed by atoms with Crippen molar-refractivity contribution in [3.8, 4) is 5.95 Å². The molecule has 1 aliphatic rings. The van der Waals surface area contributed by atoms with E-state index in [9.17, 15) is 0 Å². The normalized spacial score (nSPS) is 21.9. The van der Waals surface area contributed by atoms with Crippen molar-refractivity contribution in [3.05, 3.63) is 12.7 Å². The van der Waals surface area contributed by atoms with Crippen molar-refractivity contribution in [2.75, 3.05) is 17.7 Å². The minimum Gasteiger partial charge on any atom is -0.357 e. The van der Waals surface area contributed by atoms with E-state index in [-0.39, 0.29) is 0 Å². The molecular weight excluding hydrogens is 256 g/mol. The lowest BCUT2D eigenvalue weighted by molar-refractivity contribution is 0.552. The molecule has 2 aromatic rings. The van der Waals surface area contributed by atoms with E-state index in [1.807, 2.05) is 0 Å². The number of nitrogens with one attached hydrogen (secondary N) is 2. The SMILES string of the molecule is CNc1nc(NC2CCCC2C)nc(-n2cncn2)n1. The Balaban J connectivity index is 1.88. The maximum atomic E-state index is 4.41. The second-order valence-corrected chi connectivity index (χ2v) is 5.03. The van der Waals surface area contributed by atoms with E-state index in [2.05, 4.69) is 42.6 Å². The van der Waals surface area contributed by atoms with Crippen LogP contribution in [-0.4, -0.2) is 42.8 Å². The van der Waals surface area contributed by atoms with Crippen molar-refractivity contribution in [1.82, 2.24) is 29.7 Å². The summed E-state index contributed by atoms with van der Waals surface area (Å²) in [6.07, 6.45) is 6.67. The molecule has 1 fully saturated rings. The Bertz CT molecular complexity index is 567. The minimum absolute atomic E-state index is 0.422. The molecule has 2 unspecified atom stereocenters.